The molecule has 3 unspecified atom stereocenters. The topological polar surface area (TPSA) is 12.0 Å². The molecule has 1 nitrogen and oxygen atoms in total. The van der Waals surface area contributed by atoms with Crippen LogP contribution in [0, 0.1) is 9.49 Å². The molecule has 1 aromatic carbocycles. The maximum atomic E-state index is 3.72. The quantitative estimate of drug-likeness (QED) is 0.801. The first-order chi connectivity index (χ1) is 7.70. The van der Waals surface area contributed by atoms with Crippen molar-refractivity contribution < 1.29 is 0 Å². The molecule has 1 aromatic rings. The SMILES string of the molecule is CCCC1CC1NC(C)c1ccc(I)cc1. The maximum Gasteiger partial charge on any atom is 0.0294 e. The van der Waals surface area contributed by atoms with Crippen LogP contribution in [0.15, 0.2) is 24.3 Å². The average molecular weight is 329 g/mol. The van der Waals surface area contributed by atoms with E-state index in [0.29, 0.717) is 6.04 Å². The molecule has 0 aromatic heterocycles. The molecular weight excluding hydrogens is 309 g/mol. The molecule has 1 saturated carbocycles. The van der Waals surface area contributed by atoms with Crippen LogP contribution in [0.25, 0.3) is 0 Å². The molecule has 1 fully saturated rings. The van der Waals surface area contributed by atoms with Gasteiger partial charge in [-0.2, -0.15) is 0 Å². The van der Waals surface area contributed by atoms with Gasteiger partial charge in [0.1, 0.15) is 0 Å². The minimum atomic E-state index is 0.490. The Hall–Kier alpha value is -0.0900. The lowest BCUT2D eigenvalue weighted by Gasteiger charge is -2.14. The standard InChI is InChI=1S/C14H20IN/c1-3-4-12-9-14(12)16-10(2)11-5-7-13(15)8-6-11/h5-8,10,12,14,16H,3-4,9H2,1-2H3. The molecule has 1 aliphatic carbocycles. The van der Waals surface area contributed by atoms with Gasteiger partial charge in [-0.05, 0) is 66.0 Å². The average Bonchev–Trinajstić information content (AvgIpc) is 2.98. The van der Waals surface area contributed by atoms with Crippen molar-refractivity contribution in [2.24, 2.45) is 5.92 Å². The highest BCUT2D eigenvalue weighted by Crippen LogP contribution is 2.36. The van der Waals surface area contributed by atoms with Crippen LogP contribution in [0.3, 0.4) is 0 Å². The van der Waals surface area contributed by atoms with E-state index in [1.54, 1.807) is 0 Å². The fraction of sp³-hybridized carbons (Fsp3) is 0.571. The van der Waals surface area contributed by atoms with Crippen molar-refractivity contribution in [3.8, 4) is 0 Å². The molecule has 0 heterocycles. The molecule has 1 N–H and O–H groups in total. The van der Waals surface area contributed by atoms with E-state index in [1.165, 1.54) is 28.4 Å². The van der Waals surface area contributed by atoms with Crippen LogP contribution < -0.4 is 5.32 Å². The third kappa shape index (κ3) is 3.20. The van der Waals surface area contributed by atoms with E-state index in [4.69, 9.17) is 0 Å². The van der Waals surface area contributed by atoms with E-state index >= 15 is 0 Å². The third-order valence-electron chi connectivity index (χ3n) is 3.42. The molecule has 88 valence electrons. The minimum absolute atomic E-state index is 0.490. The Morgan fingerprint density at radius 3 is 2.69 bits per heavy atom. The van der Waals surface area contributed by atoms with E-state index in [2.05, 4.69) is 66.0 Å². The van der Waals surface area contributed by atoms with E-state index in [9.17, 15) is 0 Å². The van der Waals surface area contributed by atoms with Crippen LogP contribution in [0.4, 0.5) is 0 Å². The summed E-state index contributed by atoms with van der Waals surface area (Å²) in [5.41, 5.74) is 1.41. The molecule has 0 saturated heterocycles. The summed E-state index contributed by atoms with van der Waals surface area (Å²) in [5.74, 6) is 0.941. The van der Waals surface area contributed by atoms with Crippen molar-refractivity contribution in [3.05, 3.63) is 33.4 Å². The van der Waals surface area contributed by atoms with Crippen LogP contribution in [0.1, 0.15) is 44.7 Å². The summed E-state index contributed by atoms with van der Waals surface area (Å²) in [4.78, 5) is 0. The van der Waals surface area contributed by atoms with Gasteiger partial charge in [-0.1, -0.05) is 25.5 Å². The molecule has 3 atom stereocenters. The summed E-state index contributed by atoms with van der Waals surface area (Å²) in [6, 6.07) is 10.1. The first-order valence-electron chi connectivity index (χ1n) is 6.22. The summed E-state index contributed by atoms with van der Waals surface area (Å²) >= 11 is 2.35. The van der Waals surface area contributed by atoms with E-state index in [0.717, 1.165) is 12.0 Å². The van der Waals surface area contributed by atoms with Crippen molar-refractivity contribution in [1.29, 1.82) is 0 Å². The second-order valence-electron chi connectivity index (χ2n) is 4.83. The first-order valence-corrected chi connectivity index (χ1v) is 7.30. The molecule has 2 rings (SSSR count). The predicted molar refractivity (Wildman–Crippen MR) is 77.5 cm³/mol. The lowest BCUT2D eigenvalue weighted by molar-refractivity contribution is 0.530. The highest BCUT2D eigenvalue weighted by Gasteiger charge is 2.36. The molecule has 0 spiro atoms. The van der Waals surface area contributed by atoms with E-state index in [-0.39, 0.29) is 0 Å². The molecule has 0 radical (unpaired) electrons. The van der Waals surface area contributed by atoms with Crippen molar-refractivity contribution >= 4 is 22.6 Å². The zero-order valence-corrected chi connectivity index (χ0v) is 12.2. The Morgan fingerprint density at radius 1 is 1.38 bits per heavy atom. The van der Waals surface area contributed by atoms with Crippen LogP contribution >= 0.6 is 22.6 Å². The fourth-order valence-electron chi connectivity index (χ4n) is 2.31. The summed E-state index contributed by atoms with van der Waals surface area (Å²) in [5, 5.41) is 3.72. The van der Waals surface area contributed by atoms with Crippen LogP contribution in [0.2, 0.25) is 0 Å². The van der Waals surface area contributed by atoms with Gasteiger partial charge in [0.15, 0.2) is 0 Å². The predicted octanol–water partition coefficient (Wildman–Crippen LogP) is 4.13. The Kier molecular flexibility index (Phi) is 4.25. The second-order valence-corrected chi connectivity index (χ2v) is 6.08. The Balaban J connectivity index is 1.84. The number of benzene rings is 1. The molecule has 0 aliphatic heterocycles. The summed E-state index contributed by atoms with van der Waals surface area (Å²) in [6.07, 6.45) is 4.08. The summed E-state index contributed by atoms with van der Waals surface area (Å²) < 4.78 is 1.31. The van der Waals surface area contributed by atoms with Crippen molar-refractivity contribution in [2.75, 3.05) is 0 Å². The summed E-state index contributed by atoms with van der Waals surface area (Å²) in [6.45, 7) is 4.54. The lowest BCUT2D eigenvalue weighted by Crippen LogP contribution is -2.22. The smallest absolute Gasteiger partial charge is 0.0294 e. The molecule has 0 amide bonds. The van der Waals surface area contributed by atoms with Gasteiger partial charge in [0, 0.05) is 15.7 Å². The first kappa shape index (κ1) is 12.4. The van der Waals surface area contributed by atoms with Crippen LogP contribution in [-0.4, -0.2) is 6.04 Å². The molecule has 16 heavy (non-hydrogen) atoms. The second kappa shape index (κ2) is 5.50. The number of hydrogen-bond acceptors (Lipinski definition) is 1. The number of halogens is 1. The van der Waals surface area contributed by atoms with Crippen LogP contribution in [0.5, 0.6) is 0 Å². The van der Waals surface area contributed by atoms with Gasteiger partial charge in [0.25, 0.3) is 0 Å². The van der Waals surface area contributed by atoms with Crippen molar-refractivity contribution in [1.82, 2.24) is 5.32 Å². The number of nitrogens with one attached hydrogen (secondary N) is 1. The summed E-state index contributed by atoms with van der Waals surface area (Å²) in [7, 11) is 0. The molecule has 0 bridgehead atoms. The zero-order chi connectivity index (χ0) is 11.5. The van der Waals surface area contributed by atoms with Gasteiger partial charge < -0.3 is 5.32 Å². The highest BCUT2D eigenvalue weighted by atomic mass is 127. The lowest BCUT2D eigenvalue weighted by atomic mass is 10.1. The largest absolute Gasteiger partial charge is 0.307 e. The highest BCUT2D eigenvalue weighted by molar-refractivity contribution is 14.1. The maximum absolute atomic E-state index is 3.72. The zero-order valence-electron chi connectivity index (χ0n) is 10.0. The fourth-order valence-corrected chi connectivity index (χ4v) is 2.67. The number of hydrogen-bond donors (Lipinski definition) is 1. The van der Waals surface area contributed by atoms with Crippen molar-refractivity contribution in [2.45, 2.75) is 45.2 Å². The van der Waals surface area contributed by atoms with Gasteiger partial charge in [-0.25, -0.2) is 0 Å². The van der Waals surface area contributed by atoms with Gasteiger partial charge in [0.05, 0.1) is 0 Å². The Morgan fingerprint density at radius 2 is 2.06 bits per heavy atom. The Bertz CT molecular complexity index is 333. The van der Waals surface area contributed by atoms with E-state index in [1.807, 2.05) is 0 Å². The third-order valence-corrected chi connectivity index (χ3v) is 4.14. The minimum Gasteiger partial charge on any atom is -0.307 e. The number of rotatable bonds is 5. The van der Waals surface area contributed by atoms with Gasteiger partial charge in [-0.3, -0.25) is 0 Å². The Labute approximate surface area is 112 Å². The van der Waals surface area contributed by atoms with E-state index < -0.39 is 0 Å². The monoisotopic (exact) mass is 329 g/mol. The van der Waals surface area contributed by atoms with Gasteiger partial charge in [-0.15, -0.1) is 0 Å². The van der Waals surface area contributed by atoms with Crippen molar-refractivity contribution in [3.63, 3.8) is 0 Å². The normalized spacial score (nSPS) is 25.4. The molecule has 1 aliphatic rings. The molecular formula is C14H20IN. The molecule has 2 heteroatoms. The van der Waals surface area contributed by atoms with Gasteiger partial charge in [0.2, 0.25) is 0 Å². The van der Waals surface area contributed by atoms with Gasteiger partial charge >= 0.3 is 0 Å². The van der Waals surface area contributed by atoms with Crippen LogP contribution in [-0.2, 0) is 0 Å².